The summed E-state index contributed by atoms with van der Waals surface area (Å²) in [5.41, 5.74) is 4.09. The number of hydrogen-bond donors (Lipinski definition) is 2. The number of aryl methyl sites for hydroxylation is 1. The lowest BCUT2D eigenvalue weighted by atomic mass is 9.99. The summed E-state index contributed by atoms with van der Waals surface area (Å²) in [6.07, 6.45) is 3.86. The number of amides is 2. The van der Waals surface area contributed by atoms with Crippen molar-refractivity contribution in [3.63, 3.8) is 0 Å². The summed E-state index contributed by atoms with van der Waals surface area (Å²) >= 11 is 0. The number of anilines is 2. The average molecular weight is 383 g/mol. The summed E-state index contributed by atoms with van der Waals surface area (Å²) in [4.78, 5) is 14.9. The van der Waals surface area contributed by atoms with Gasteiger partial charge in [-0.1, -0.05) is 12.1 Å². The first kappa shape index (κ1) is 18.7. The minimum absolute atomic E-state index is 0.103. The van der Waals surface area contributed by atoms with Crippen molar-refractivity contribution < 1.29 is 13.9 Å². The van der Waals surface area contributed by atoms with Gasteiger partial charge in [-0.2, -0.15) is 0 Å². The van der Waals surface area contributed by atoms with Gasteiger partial charge in [0.1, 0.15) is 5.82 Å². The van der Waals surface area contributed by atoms with Crippen molar-refractivity contribution in [1.82, 2.24) is 5.32 Å². The van der Waals surface area contributed by atoms with Gasteiger partial charge in [0, 0.05) is 31.6 Å². The van der Waals surface area contributed by atoms with E-state index in [1.165, 1.54) is 23.4 Å². The van der Waals surface area contributed by atoms with E-state index in [-0.39, 0.29) is 24.0 Å². The molecule has 5 nitrogen and oxygen atoms in total. The topological polar surface area (TPSA) is 53.6 Å². The quantitative estimate of drug-likeness (QED) is 0.830. The van der Waals surface area contributed by atoms with E-state index in [2.05, 4.69) is 28.6 Å². The maximum Gasteiger partial charge on any atom is 0.319 e. The van der Waals surface area contributed by atoms with Crippen LogP contribution in [0.15, 0.2) is 42.5 Å². The number of rotatable bonds is 4. The Balaban J connectivity index is 1.48. The first-order valence-corrected chi connectivity index (χ1v) is 9.89. The lowest BCUT2D eigenvalue weighted by Crippen LogP contribution is -2.38. The maximum absolute atomic E-state index is 13.3. The number of halogens is 1. The summed E-state index contributed by atoms with van der Waals surface area (Å²) in [6.45, 7) is 1.74. The zero-order valence-electron chi connectivity index (χ0n) is 16.1. The van der Waals surface area contributed by atoms with Crippen molar-refractivity contribution in [2.45, 2.75) is 37.8 Å². The van der Waals surface area contributed by atoms with E-state index in [4.69, 9.17) is 4.74 Å². The number of carbonyl (C=O) groups is 1. The molecule has 2 atom stereocenters. The minimum Gasteiger partial charge on any atom is -0.376 e. The number of urea groups is 1. The van der Waals surface area contributed by atoms with E-state index in [0.717, 1.165) is 43.5 Å². The largest absolute Gasteiger partial charge is 0.376 e. The highest BCUT2D eigenvalue weighted by molar-refractivity contribution is 5.90. The van der Waals surface area contributed by atoms with Gasteiger partial charge in [0.05, 0.1) is 12.1 Å². The van der Waals surface area contributed by atoms with Crippen LogP contribution in [0, 0.1) is 5.82 Å². The Morgan fingerprint density at radius 2 is 2.04 bits per heavy atom. The second-order valence-electron chi connectivity index (χ2n) is 7.55. The van der Waals surface area contributed by atoms with Crippen molar-refractivity contribution in [3.8, 4) is 0 Å². The Hall–Kier alpha value is -2.60. The van der Waals surface area contributed by atoms with Gasteiger partial charge in [0.15, 0.2) is 0 Å². The molecule has 2 aliphatic heterocycles. The molecule has 0 aromatic heterocycles. The average Bonchev–Trinajstić information content (AvgIpc) is 3.21. The van der Waals surface area contributed by atoms with E-state index in [1.54, 1.807) is 12.1 Å². The molecule has 148 valence electrons. The maximum atomic E-state index is 13.3. The van der Waals surface area contributed by atoms with Crippen LogP contribution >= 0.6 is 0 Å². The normalized spacial score (nSPS) is 19.8. The Morgan fingerprint density at radius 1 is 1.21 bits per heavy atom. The van der Waals surface area contributed by atoms with Crippen molar-refractivity contribution in [3.05, 3.63) is 59.4 Å². The first-order valence-electron chi connectivity index (χ1n) is 9.89. The fraction of sp³-hybridized carbons (Fsp3) is 0.409. The number of hydrogen-bond acceptors (Lipinski definition) is 3. The third-order valence-corrected chi connectivity index (χ3v) is 5.54. The molecule has 4 rings (SSSR count). The highest BCUT2D eigenvalue weighted by Gasteiger charge is 2.29. The second-order valence-corrected chi connectivity index (χ2v) is 7.55. The molecule has 28 heavy (non-hydrogen) atoms. The van der Waals surface area contributed by atoms with Crippen molar-refractivity contribution in [1.29, 1.82) is 0 Å². The van der Waals surface area contributed by atoms with Crippen LogP contribution in [0.4, 0.5) is 20.6 Å². The summed E-state index contributed by atoms with van der Waals surface area (Å²) in [7, 11) is 2.09. The first-order chi connectivity index (χ1) is 13.6. The van der Waals surface area contributed by atoms with Gasteiger partial charge in [-0.25, -0.2) is 9.18 Å². The molecule has 0 saturated carbocycles. The van der Waals surface area contributed by atoms with Crippen LogP contribution < -0.4 is 15.5 Å². The fourth-order valence-electron chi connectivity index (χ4n) is 4.10. The predicted molar refractivity (Wildman–Crippen MR) is 108 cm³/mol. The standard InChI is InChI=1S/C22H26FN3O2/c1-26-12-2-4-16-14-18(10-11-19(16)26)24-22(27)25-21(20-5-3-13-28-20)15-6-8-17(23)9-7-15/h6-11,14,20-21H,2-5,12-13H2,1H3,(H2,24,25,27). The Kier molecular flexibility index (Phi) is 5.48. The highest BCUT2D eigenvalue weighted by Crippen LogP contribution is 2.29. The van der Waals surface area contributed by atoms with Crippen LogP contribution in [0.5, 0.6) is 0 Å². The van der Waals surface area contributed by atoms with Gasteiger partial charge in [-0.3, -0.25) is 0 Å². The molecule has 2 amide bonds. The van der Waals surface area contributed by atoms with Crippen LogP contribution in [-0.2, 0) is 11.2 Å². The molecule has 2 aromatic rings. The van der Waals surface area contributed by atoms with Crippen molar-refractivity contribution in [2.24, 2.45) is 0 Å². The highest BCUT2D eigenvalue weighted by atomic mass is 19.1. The van der Waals surface area contributed by atoms with E-state index in [1.807, 2.05) is 12.1 Å². The SMILES string of the molecule is CN1CCCc2cc(NC(=O)NC(c3ccc(F)cc3)C3CCCO3)ccc21. The zero-order valence-corrected chi connectivity index (χ0v) is 16.1. The smallest absolute Gasteiger partial charge is 0.319 e. The molecule has 0 bridgehead atoms. The Bertz CT molecular complexity index is 834. The summed E-state index contributed by atoms with van der Waals surface area (Å²) in [5.74, 6) is -0.293. The monoisotopic (exact) mass is 383 g/mol. The molecule has 6 heteroatoms. The molecule has 0 aliphatic carbocycles. The molecule has 2 N–H and O–H groups in total. The Labute approximate surface area is 164 Å². The van der Waals surface area contributed by atoms with Gasteiger partial charge >= 0.3 is 6.03 Å². The van der Waals surface area contributed by atoms with Gasteiger partial charge in [0.2, 0.25) is 0 Å². The van der Waals surface area contributed by atoms with Crippen LogP contribution in [0.3, 0.4) is 0 Å². The third kappa shape index (κ3) is 4.12. The fourth-order valence-corrected chi connectivity index (χ4v) is 4.10. The van der Waals surface area contributed by atoms with E-state index >= 15 is 0 Å². The molecule has 0 radical (unpaired) electrons. The number of nitrogens with zero attached hydrogens (tertiary/aromatic N) is 1. The number of benzene rings is 2. The van der Waals surface area contributed by atoms with Crippen molar-refractivity contribution >= 4 is 17.4 Å². The van der Waals surface area contributed by atoms with E-state index in [9.17, 15) is 9.18 Å². The predicted octanol–water partition coefficient (Wildman–Crippen LogP) is 4.25. The zero-order chi connectivity index (χ0) is 19.5. The molecule has 1 fully saturated rings. The molecule has 0 spiro atoms. The minimum atomic E-state index is -0.313. The number of fused-ring (bicyclic) bond motifs is 1. The lowest BCUT2D eigenvalue weighted by Gasteiger charge is -2.28. The molecule has 2 unspecified atom stereocenters. The van der Waals surface area contributed by atoms with Gasteiger partial charge in [-0.15, -0.1) is 0 Å². The molecule has 2 aromatic carbocycles. The second kappa shape index (κ2) is 8.19. The number of ether oxygens (including phenoxy) is 1. The van der Waals surface area contributed by atoms with Gasteiger partial charge < -0.3 is 20.3 Å². The lowest BCUT2D eigenvalue weighted by molar-refractivity contribution is 0.0815. The third-order valence-electron chi connectivity index (χ3n) is 5.54. The summed E-state index contributed by atoms with van der Waals surface area (Å²) in [5, 5.41) is 5.97. The van der Waals surface area contributed by atoms with E-state index < -0.39 is 0 Å². The summed E-state index contributed by atoms with van der Waals surface area (Å²) in [6, 6.07) is 11.7. The van der Waals surface area contributed by atoms with Crippen LogP contribution in [0.1, 0.15) is 36.4 Å². The molecule has 2 heterocycles. The van der Waals surface area contributed by atoms with Crippen molar-refractivity contribution in [2.75, 3.05) is 30.4 Å². The van der Waals surface area contributed by atoms with E-state index in [0.29, 0.717) is 6.61 Å². The number of nitrogens with one attached hydrogen (secondary N) is 2. The van der Waals surface area contributed by atoms with Crippen LogP contribution in [0.2, 0.25) is 0 Å². The molecule has 1 saturated heterocycles. The molecular weight excluding hydrogens is 357 g/mol. The number of carbonyl (C=O) groups excluding carboxylic acids is 1. The summed E-state index contributed by atoms with van der Waals surface area (Å²) < 4.78 is 19.1. The van der Waals surface area contributed by atoms with Crippen LogP contribution in [0.25, 0.3) is 0 Å². The molecular formula is C22H26FN3O2. The van der Waals surface area contributed by atoms with Gasteiger partial charge in [0.25, 0.3) is 0 Å². The Morgan fingerprint density at radius 3 is 2.79 bits per heavy atom. The van der Waals surface area contributed by atoms with Crippen LogP contribution in [-0.4, -0.2) is 32.3 Å². The molecule has 2 aliphatic rings. The van der Waals surface area contributed by atoms with Gasteiger partial charge in [-0.05, 0) is 67.1 Å².